The Labute approximate surface area is 165 Å². The molecule has 0 amide bonds. The first kappa shape index (κ1) is 20.4. The second kappa shape index (κ2) is 7.96. The molecule has 8 nitrogen and oxygen atoms in total. The van der Waals surface area contributed by atoms with E-state index in [1.807, 2.05) is 38.1 Å². The topological polar surface area (TPSA) is 108 Å². The Morgan fingerprint density at radius 3 is 2.75 bits per heavy atom. The number of nitrogens with zero attached hydrogens (tertiary/aromatic N) is 2. The minimum Gasteiger partial charge on any atom is -0.478 e. The number of aryl methyl sites for hydroxylation is 1. The molecule has 0 aliphatic carbocycles. The predicted molar refractivity (Wildman–Crippen MR) is 107 cm³/mol. The summed E-state index contributed by atoms with van der Waals surface area (Å²) in [5, 5.41) is 12.3. The van der Waals surface area contributed by atoms with Gasteiger partial charge in [0.25, 0.3) is 0 Å². The average Bonchev–Trinajstić information content (AvgIpc) is 2.66. The Morgan fingerprint density at radius 1 is 1.36 bits per heavy atom. The maximum atomic E-state index is 13.4. The monoisotopic (exact) mass is 405 g/mol. The zero-order valence-electron chi connectivity index (χ0n) is 15.9. The second-order valence-corrected chi connectivity index (χ2v) is 9.07. The van der Waals surface area contributed by atoms with Crippen LogP contribution in [0.25, 0.3) is 0 Å². The van der Waals surface area contributed by atoms with Gasteiger partial charge in [0.15, 0.2) is 0 Å². The lowest BCUT2D eigenvalue weighted by atomic mass is 10.1. The summed E-state index contributed by atoms with van der Waals surface area (Å²) in [5.41, 5.74) is 2.25. The Bertz CT molecular complexity index is 962. The van der Waals surface area contributed by atoms with Gasteiger partial charge in [-0.3, -0.25) is 4.98 Å². The molecule has 1 aromatic carbocycles. The third-order valence-corrected chi connectivity index (χ3v) is 6.95. The summed E-state index contributed by atoms with van der Waals surface area (Å²) in [7, 11) is -3.78. The number of aromatic nitrogens is 1. The molecule has 2 heterocycles. The minimum atomic E-state index is -3.78. The number of aromatic carboxylic acids is 1. The van der Waals surface area contributed by atoms with E-state index in [-0.39, 0.29) is 22.0 Å². The Hall–Kier alpha value is -2.33. The van der Waals surface area contributed by atoms with Crippen LogP contribution in [0.2, 0.25) is 0 Å². The summed E-state index contributed by atoms with van der Waals surface area (Å²) in [6.45, 7) is 5.32. The van der Waals surface area contributed by atoms with Gasteiger partial charge in [0.2, 0.25) is 0 Å². The van der Waals surface area contributed by atoms with Gasteiger partial charge in [0.1, 0.15) is 18.8 Å². The van der Waals surface area contributed by atoms with Gasteiger partial charge in [-0.2, -0.15) is 17.0 Å². The van der Waals surface area contributed by atoms with Crippen LogP contribution in [-0.4, -0.2) is 50.2 Å². The first-order valence-electron chi connectivity index (χ1n) is 9.09. The molecule has 1 unspecified atom stereocenters. The van der Waals surface area contributed by atoms with Crippen molar-refractivity contribution in [1.29, 1.82) is 0 Å². The second-order valence-electron chi connectivity index (χ2n) is 7.13. The first-order valence-corrected chi connectivity index (χ1v) is 10.5. The largest absolute Gasteiger partial charge is 0.478 e. The molecular weight excluding hydrogens is 380 g/mol. The van der Waals surface area contributed by atoms with Crippen LogP contribution in [0.4, 0.5) is 5.69 Å². The highest BCUT2D eigenvalue weighted by Gasteiger charge is 2.47. The van der Waals surface area contributed by atoms with E-state index in [2.05, 4.69) is 15.0 Å². The molecule has 1 aliphatic rings. The lowest BCUT2D eigenvalue weighted by Gasteiger charge is -2.41. The summed E-state index contributed by atoms with van der Waals surface area (Å²) in [5.74, 6) is -1.07. The highest BCUT2D eigenvalue weighted by molar-refractivity contribution is 7.89. The molecule has 1 saturated heterocycles. The first-order chi connectivity index (χ1) is 13.2. The lowest BCUT2D eigenvalue weighted by molar-refractivity contribution is 0.0696. The third-order valence-electron chi connectivity index (χ3n) is 4.97. The molecule has 2 atom stereocenters. The number of rotatable bonds is 6. The molecular formula is C19H25N4O4S+. The van der Waals surface area contributed by atoms with E-state index in [1.165, 1.54) is 18.3 Å². The molecule has 0 bridgehead atoms. The van der Waals surface area contributed by atoms with Crippen molar-refractivity contribution in [2.45, 2.75) is 26.4 Å². The fraction of sp³-hybridized carbons (Fsp3) is 0.368. The fourth-order valence-corrected chi connectivity index (χ4v) is 5.23. The molecule has 0 spiro atoms. The summed E-state index contributed by atoms with van der Waals surface area (Å²) < 4.78 is 29.3. The van der Waals surface area contributed by atoms with Gasteiger partial charge in [-0.1, -0.05) is 12.1 Å². The Kier molecular flexibility index (Phi) is 5.80. The van der Waals surface area contributed by atoms with Crippen molar-refractivity contribution in [3.8, 4) is 0 Å². The zero-order valence-corrected chi connectivity index (χ0v) is 16.7. The van der Waals surface area contributed by atoms with E-state index >= 15 is 0 Å². The summed E-state index contributed by atoms with van der Waals surface area (Å²) in [4.78, 5) is 15.0. The SMILES string of the molecule is Cc1cccc([N@+]2(S(=O)(=O)NCc3ccc(C(=O)O)cn3)CCNC(C)C2)c1. The number of carboxylic acid groups (broad SMARTS) is 1. The normalized spacial score (nSPS) is 22.7. The molecule has 28 heavy (non-hydrogen) atoms. The van der Waals surface area contributed by atoms with Gasteiger partial charge in [-0.05, 0) is 31.5 Å². The number of benzene rings is 1. The molecule has 150 valence electrons. The van der Waals surface area contributed by atoms with Gasteiger partial charge in [0, 0.05) is 24.9 Å². The summed E-state index contributed by atoms with van der Waals surface area (Å²) in [6, 6.07) is 10.6. The fourth-order valence-electron chi connectivity index (χ4n) is 3.51. The lowest BCUT2D eigenvalue weighted by Crippen LogP contribution is -2.68. The quantitative estimate of drug-likeness (QED) is 0.628. The third kappa shape index (κ3) is 4.07. The smallest absolute Gasteiger partial charge is 0.375 e. The number of quaternary nitrogens is 1. The van der Waals surface area contributed by atoms with Crippen molar-refractivity contribution in [1.82, 2.24) is 18.9 Å². The molecule has 2 aromatic rings. The maximum Gasteiger partial charge on any atom is 0.375 e. The van der Waals surface area contributed by atoms with Crippen LogP contribution in [0, 0.1) is 6.92 Å². The number of carbonyl (C=O) groups is 1. The molecule has 1 aromatic heterocycles. The summed E-state index contributed by atoms with van der Waals surface area (Å²) >= 11 is 0. The molecule has 9 heteroatoms. The van der Waals surface area contributed by atoms with E-state index in [0.29, 0.717) is 25.3 Å². The number of hydrogen-bond donors (Lipinski definition) is 3. The van der Waals surface area contributed by atoms with E-state index in [0.717, 1.165) is 11.3 Å². The highest BCUT2D eigenvalue weighted by Crippen LogP contribution is 2.30. The number of carboxylic acids is 1. The Balaban J connectivity index is 1.89. The Morgan fingerprint density at radius 2 is 2.14 bits per heavy atom. The van der Waals surface area contributed by atoms with Crippen LogP contribution in [0.1, 0.15) is 28.5 Å². The molecule has 3 rings (SSSR count). The minimum absolute atomic E-state index is 0.00411. The zero-order chi connectivity index (χ0) is 20.4. The van der Waals surface area contributed by atoms with Crippen LogP contribution in [0.15, 0.2) is 42.6 Å². The van der Waals surface area contributed by atoms with Crippen molar-refractivity contribution < 1.29 is 18.3 Å². The maximum absolute atomic E-state index is 13.4. The number of pyridine rings is 1. The summed E-state index contributed by atoms with van der Waals surface area (Å²) in [6.07, 6.45) is 1.23. The van der Waals surface area contributed by atoms with Gasteiger partial charge in [-0.15, -0.1) is 0 Å². The van der Waals surface area contributed by atoms with E-state index < -0.39 is 16.2 Å². The van der Waals surface area contributed by atoms with Gasteiger partial charge >= 0.3 is 16.2 Å². The standard InChI is InChI=1S/C19H24N4O4S/c1-14-4-3-5-18(10-14)23(9-8-20-15(2)13-23)28(26,27)22-12-17-7-6-16(11-21-17)19(24)25/h3-7,10-11,15,20,22H,8-9,12-13H2,1-2H3/p+1/t15?,23-/m0/s1. The number of piperazine rings is 1. The molecule has 3 N–H and O–H groups in total. The average molecular weight is 406 g/mol. The van der Waals surface area contributed by atoms with Crippen molar-refractivity contribution >= 4 is 21.9 Å². The van der Waals surface area contributed by atoms with Gasteiger partial charge in [-0.25, -0.2) is 4.79 Å². The van der Waals surface area contributed by atoms with Crippen LogP contribution >= 0.6 is 0 Å². The molecule has 1 fully saturated rings. The van der Waals surface area contributed by atoms with E-state index in [9.17, 15) is 13.2 Å². The van der Waals surface area contributed by atoms with Gasteiger partial charge < -0.3 is 10.4 Å². The molecule has 1 aliphatic heterocycles. The molecule has 0 radical (unpaired) electrons. The highest BCUT2D eigenvalue weighted by atomic mass is 32.2. The van der Waals surface area contributed by atoms with Crippen molar-refractivity contribution in [3.63, 3.8) is 0 Å². The van der Waals surface area contributed by atoms with Gasteiger partial charge in [0.05, 0.1) is 23.8 Å². The van der Waals surface area contributed by atoms with Crippen molar-refractivity contribution in [2.24, 2.45) is 0 Å². The number of nitrogens with one attached hydrogen (secondary N) is 2. The van der Waals surface area contributed by atoms with Crippen LogP contribution in [0.3, 0.4) is 0 Å². The van der Waals surface area contributed by atoms with Crippen molar-refractivity contribution in [3.05, 3.63) is 59.4 Å². The van der Waals surface area contributed by atoms with E-state index in [4.69, 9.17) is 5.11 Å². The predicted octanol–water partition coefficient (Wildman–Crippen LogP) is 1.42. The van der Waals surface area contributed by atoms with Crippen LogP contribution in [0.5, 0.6) is 0 Å². The van der Waals surface area contributed by atoms with E-state index in [1.54, 1.807) is 0 Å². The molecule has 0 saturated carbocycles. The van der Waals surface area contributed by atoms with Crippen molar-refractivity contribution in [2.75, 3.05) is 19.6 Å². The van der Waals surface area contributed by atoms with Crippen LogP contribution in [-0.2, 0) is 16.8 Å². The van der Waals surface area contributed by atoms with Crippen LogP contribution < -0.4 is 13.9 Å². The number of hydrogen-bond acceptors (Lipinski definition) is 5.